The topological polar surface area (TPSA) is 69.0 Å². The number of nitrogens with zero attached hydrogens (tertiary/aromatic N) is 3. The quantitative estimate of drug-likeness (QED) is 0.493. The Labute approximate surface area is 177 Å². The number of nitrogens with one attached hydrogen (secondary N) is 1. The summed E-state index contributed by atoms with van der Waals surface area (Å²) in [6.07, 6.45) is 6.52. The maximum Gasteiger partial charge on any atom is 0.230 e. The fourth-order valence-corrected chi connectivity index (χ4v) is 4.39. The molecule has 29 heavy (non-hydrogen) atoms. The van der Waals surface area contributed by atoms with Gasteiger partial charge in [0.25, 0.3) is 0 Å². The fourth-order valence-electron chi connectivity index (χ4n) is 3.61. The van der Waals surface area contributed by atoms with Crippen molar-refractivity contribution in [3.05, 3.63) is 48.3 Å². The Hall–Kier alpha value is -2.28. The molecule has 1 amide bonds. The molecule has 0 radical (unpaired) electrons. The van der Waals surface area contributed by atoms with Gasteiger partial charge < -0.3 is 10.1 Å². The maximum absolute atomic E-state index is 12.4. The second-order valence-electron chi connectivity index (χ2n) is 7.63. The summed E-state index contributed by atoms with van der Waals surface area (Å²) in [5.74, 6) is 2.45. The number of carbonyl (C=O) groups excluding carboxylic acids is 1. The smallest absolute Gasteiger partial charge is 0.230 e. The van der Waals surface area contributed by atoms with Crippen LogP contribution in [0.3, 0.4) is 0 Å². The summed E-state index contributed by atoms with van der Waals surface area (Å²) in [7, 11) is 0. The number of amides is 1. The highest BCUT2D eigenvalue weighted by Gasteiger charge is 2.23. The van der Waals surface area contributed by atoms with Gasteiger partial charge in [-0.25, -0.2) is 0 Å². The number of ether oxygens (including phenoxy) is 1. The van der Waals surface area contributed by atoms with Crippen LogP contribution in [0.5, 0.6) is 5.75 Å². The van der Waals surface area contributed by atoms with Crippen LogP contribution < -0.4 is 10.1 Å². The maximum atomic E-state index is 12.4. The predicted molar refractivity (Wildman–Crippen MR) is 116 cm³/mol. The van der Waals surface area contributed by atoms with Gasteiger partial charge in [0.15, 0.2) is 11.0 Å². The SMILES string of the molecule is C=CCn1c(COc2cccc(C)c2)nnc1SCC(=O)N[C@H]1CCCC[C@@H]1C. The minimum atomic E-state index is 0.0551. The molecule has 3 rings (SSSR count). The Morgan fingerprint density at radius 3 is 2.97 bits per heavy atom. The molecule has 1 fully saturated rings. The molecule has 1 aromatic carbocycles. The van der Waals surface area contributed by atoms with Gasteiger partial charge in [0.2, 0.25) is 5.91 Å². The van der Waals surface area contributed by atoms with Crippen LogP contribution in [0, 0.1) is 12.8 Å². The highest BCUT2D eigenvalue weighted by molar-refractivity contribution is 7.99. The molecular weight excluding hydrogens is 384 g/mol. The van der Waals surface area contributed by atoms with E-state index < -0.39 is 0 Å². The minimum Gasteiger partial charge on any atom is -0.486 e. The van der Waals surface area contributed by atoms with Crippen LogP contribution >= 0.6 is 11.8 Å². The highest BCUT2D eigenvalue weighted by atomic mass is 32.2. The van der Waals surface area contributed by atoms with E-state index in [2.05, 4.69) is 29.0 Å². The number of carbonyl (C=O) groups is 1. The van der Waals surface area contributed by atoms with Crippen molar-refractivity contribution in [3.63, 3.8) is 0 Å². The second-order valence-corrected chi connectivity index (χ2v) is 8.57. The molecule has 1 aromatic heterocycles. The largest absolute Gasteiger partial charge is 0.486 e. The lowest BCUT2D eigenvalue weighted by Gasteiger charge is -2.29. The van der Waals surface area contributed by atoms with Crippen LogP contribution in [-0.2, 0) is 17.9 Å². The van der Waals surface area contributed by atoms with E-state index in [1.807, 2.05) is 35.8 Å². The second kappa shape index (κ2) is 10.5. The molecule has 1 heterocycles. The molecule has 6 nitrogen and oxygen atoms in total. The molecule has 0 aliphatic heterocycles. The number of allylic oxidation sites excluding steroid dienone is 1. The summed E-state index contributed by atoms with van der Waals surface area (Å²) in [5.41, 5.74) is 1.14. The van der Waals surface area contributed by atoms with Crippen molar-refractivity contribution >= 4 is 17.7 Å². The van der Waals surface area contributed by atoms with E-state index in [1.54, 1.807) is 6.08 Å². The summed E-state index contributed by atoms with van der Waals surface area (Å²) < 4.78 is 7.81. The van der Waals surface area contributed by atoms with Gasteiger partial charge in [-0.15, -0.1) is 16.8 Å². The number of hydrogen-bond acceptors (Lipinski definition) is 5. The molecule has 0 saturated heterocycles. The molecular formula is C22H30N4O2S. The molecule has 2 aromatic rings. The molecule has 0 spiro atoms. The first kappa shape index (κ1) is 21.4. The summed E-state index contributed by atoms with van der Waals surface area (Å²) in [4.78, 5) is 12.4. The molecule has 2 atom stereocenters. The molecule has 1 aliphatic carbocycles. The third-order valence-electron chi connectivity index (χ3n) is 5.25. The zero-order valence-corrected chi connectivity index (χ0v) is 18.1. The van der Waals surface area contributed by atoms with Crippen molar-refractivity contribution in [1.82, 2.24) is 20.1 Å². The van der Waals surface area contributed by atoms with Crippen LogP contribution in [-0.4, -0.2) is 32.5 Å². The highest BCUT2D eigenvalue weighted by Crippen LogP contribution is 2.24. The Morgan fingerprint density at radius 1 is 1.38 bits per heavy atom. The zero-order chi connectivity index (χ0) is 20.6. The van der Waals surface area contributed by atoms with Crippen LogP contribution in [0.25, 0.3) is 0 Å². The molecule has 1 saturated carbocycles. The van der Waals surface area contributed by atoms with E-state index in [-0.39, 0.29) is 5.91 Å². The molecule has 156 valence electrons. The Balaban J connectivity index is 1.57. The number of benzene rings is 1. The van der Waals surface area contributed by atoms with E-state index in [9.17, 15) is 4.79 Å². The lowest BCUT2D eigenvalue weighted by Crippen LogP contribution is -2.41. The van der Waals surface area contributed by atoms with Gasteiger partial charge in [0, 0.05) is 12.6 Å². The number of hydrogen-bond donors (Lipinski definition) is 1. The third kappa shape index (κ3) is 6.10. The molecule has 0 unspecified atom stereocenters. The van der Waals surface area contributed by atoms with Crippen LogP contribution in [0.4, 0.5) is 0 Å². The van der Waals surface area contributed by atoms with Crippen molar-refractivity contribution in [2.75, 3.05) is 5.75 Å². The Morgan fingerprint density at radius 2 is 2.21 bits per heavy atom. The summed E-state index contributed by atoms with van der Waals surface area (Å²) in [5, 5.41) is 12.4. The first-order valence-corrected chi connectivity index (χ1v) is 11.2. The molecule has 7 heteroatoms. The monoisotopic (exact) mass is 414 g/mol. The van der Waals surface area contributed by atoms with Crippen LogP contribution in [0.1, 0.15) is 44.0 Å². The van der Waals surface area contributed by atoms with Gasteiger partial charge >= 0.3 is 0 Å². The first-order chi connectivity index (χ1) is 14.1. The van der Waals surface area contributed by atoms with Crippen molar-refractivity contribution in [2.24, 2.45) is 5.92 Å². The third-order valence-corrected chi connectivity index (χ3v) is 6.22. The predicted octanol–water partition coefficient (Wildman–Crippen LogP) is 4.14. The van der Waals surface area contributed by atoms with Crippen molar-refractivity contribution < 1.29 is 9.53 Å². The van der Waals surface area contributed by atoms with Gasteiger partial charge in [0.05, 0.1) is 5.75 Å². The van der Waals surface area contributed by atoms with E-state index in [1.165, 1.54) is 31.0 Å². The van der Waals surface area contributed by atoms with Crippen LogP contribution in [0.2, 0.25) is 0 Å². The van der Waals surface area contributed by atoms with Crippen molar-refractivity contribution in [3.8, 4) is 5.75 Å². The van der Waals surface area contributed by atoms with E-state index in [4.69, 9.17) is 4.74 Å². The van der Waals surface area contributed by atoms with E-state index in [0.717, 1.165) is 23.6 Å². The summed E-state index contributed by atoms with van der Waals surface area (Å²) in [6, 6.07) is 8.20. The standard InChI is InChI=1S/C22H30N4O2S/c1-4-12-26-20(14-28-18-10-7-8-16(2)13-18)24-25-22(26)29-15-21(27)23-19-11-6-5-9-17(19)3/h4,7-8,10,13,17,19H,1,5-6,9,11-12,14-15H2,2-3H3,(H,23,27)/t17-,19-/m0/s1. The molecule has 1 N–H and O–H groups in total. The van der Waals surface area contributed by atoms with Crippen LogP contribution in [0.15, 0.2) is 42.1 Å². The average molecular weight is 415 g/mol. The van der Waals surface area contributed by atoms with Crippen molar-refractivity contribution in [2.45, 2.75) is 63.9 Å². The lowest BCUT2D eigenvalue weighted by molar-refractivity contribution is -0.119. The average Bonchev–Trinajstić information content (AvgIpc) is 3.09. The Bertz CT molecular complexity index is 836. The number of thioether (sulfide) groups is 1. The fraction of sp³-hybridized carbons (Fsp3) is 0.500. The number of rotatable bonds is 9. The molecule has 1 aliphatic rings. The van der Waals surface area contributed by atoms with Gasteiger partial charge in [-0.2, -0.15) is 0 Å². The normalized spacial score (nSPS) is 19.0. The lowest BCUT2D eigenvalue weighted by atomic mass is 9.86. The summed E-state index contributed by atoms with van der Waals surface area (Å²) in [6.45, 7) is 8.96. The minimum absolute atomic E-state index is 0.0551. The van der Waals surface area contributed by atoms with Gasteiger partial charge in [-0.1, -0.05) is 49.7 Å². The van der Waals surface area contributed by atoms with Crippen molar-refractivity contribution in [1.29, 1.82) is 0 Å². The molecule has 0 bridgehead atoms. The van der Waals surface area contributed by atoms with Gasteiger partial charge in [0.1, 0.15) is 12.4 Å². The van der Waals surface area contributed by atoms with E-state index >= 15 is 0 Å². The Kier molecular flexibility index (Phi) is 7.75. The number of aryl methyl sites for hydroxylation is 1. The first-order valence-electron chi connectivity index (χ1n) is 10.2. The number of aromatic nitrogens is 3. The van der Waals surface area contributed by atoms with E-state index in [0.29, 0.717) is 36.0 Å². The van der Waals surface area contributed by atoms with Gasteiger partial charge in [-0.05, 0) is 43.4 Å². The summed E-state index contributed by atoms with van der Waals surface area (Å²) >= 11 is 1.40. The van der Waals surface area contributed by atoms with Gasteiger partial charge in [-0.3, -0.25) is 9.36 Å². The zero-order valence-electron chi connectivity index (χ0n) is 17.3.